The van der Waals surface area contributed by atoms with Crippen LogP contribution in [0.2, 0.25) is 5.15 Å². The molecule has 0 atom stereocenters. The number of hydrogen-bond acceptors (Lipinski definition) is 3. The summed E-state index contributed by atoms with van der Waals surface area (Å²) in [4.78, 5) is 5.37. The van der Waals surface area contributed by atoms with E-state index < -0.39 is 0 Å². The summed E-state index contributed by atoms with van der Waals surface area (Å²) >= 11 is 7.44. The van der Waals surface area contributed by atoms with Crippen molar-refractivity contribution >= 4 is 29.1 Å². The Bertz CT molecular complexity index is 518. The van der Waals surface area contributed by atoms with E-state index in [1.807, 2.05) is 6.07 Å². The first-order valence-corrected chi connectivity index (χ1v) is 6.95. The van der Waals surface area contributed by atoms with Crippen LogP contribution in [0.5, 0.6) is 0 Å². The quantitative estimate of drug-likeness (QED) is 0.835. The predicted molar refractivity (Wildman–Crippen MR) is 78.3 cm³/mol. The Morgan fingerprint density at radius 3 is 2.39 bits per heavy atom. The van der Waals surface area contributed by atoms with Gasteiger partial charge in [0.2, 0.25) is 0 Å². The summed E-state index contributed by atoms with van der Waals surface area (Å²) in [5.74, 6) is 0.545. The maximum Gasteiger partial charge on any atom is 0.132 e. The predicted octanol–water partition coefficient (Wildman–Crippen LogP) is 4.59. The molecule has 1 aromatic heterocycles. The van der Waals surface area contributed by atoms with Crippen molar-refractivity contribution in [3.8, 4) is 0 Å². The third kappa shape index (κ3) is 3.40. The molecule has 2 N–H and O–H groups in total. The highest BCUT2D eigenvalue weighted by atomic mass is 35.5. The Labute approximate surface area is 117 Å². The van der Waals surface area contributed by atoms with Crippen molar-refractivity contribution < 1.29 is 0 Å². The number of nitrogens with two attached hydrogens (primary N) is 1. The van der Waals surface area contributed by atoms with Crippen LogP contribution in [0.3, 0.4) is 0 Å². The summed E-state index contributed by atoms with van der Waals surface area (Å²) in [5, 5.41) is 1.24. The molecule has 0 aliphatic rings. The zero-order valence-electron chi connectivity index (χ0n) is 10.4. The van der Waals surface area contributed by atoms with Gasteiger partial charge in [0.1, 0.15) is 10.2 Å². The van der Waals surface area contributed by atoms with E-state index in [0.717, 1.165) is 9.92 Å². The van der Waals surface area contributed by atoms with E-state index >= 15 is 0 Å². The lowest BCUT2D eigenvalue weighted by molar-refractivity contribution is 0.865. The molecule has 0 aliphatic heterocycles. The topological polar surface area (TPSA) is 38.9 Å². The SMILES string of the molecule is CC(C)c1ccc(Sc2cc(N)cc(Cl)n2)cc1. The molecule has 0 radical (unpaired) electrons. The Kier molecular flexibility index (Phi) is 4.15. The van der Waals surface area contributed by atoms with Gasteiger partial charge in [0.25, 0.3) is 0 Å². The Morgan fingerprint density at radius 2 is 1.83 bits per heavy atom. The molecule has 0 fully saturated rings. The summed E-state index contributed by atoms with van der Waals surface area (Å²) in [5.41, 5.74) is 7.71. The van der Waals surface area contributed by atoms with Crippen LogP contribution in [0.4, 0.5) is 5.69 Å². The summed E-state index contributed by atoms with van der Waals surface area (Å²) in [6.45, 7) is 4.36. The smallest absolute Gasteiger partial charge is 0.132 e. The molecule has 2 rings (SSSR count). The fraction of sp³-hybridized carbons (Fsp3) is 0.214. The summed E-state index contributed by atoms with van der Waals surface area (Å²) in [7, 11) is 0. The fourth-order valence-corrected chi connectivity index (χ4v) is 2.71. The number of nitrogen functional groups attached to an aromatic ring is 1. The summed E-state index contributed by atoms with van der Waals surface area (Å²) < 4.78 is 0. The Hall–Kier alpha value is -1.19. The molecule has 1 aromatic carbocycles. The van der Waals surface area contributed by atoms with Crippen molar-refractivity contribution in [1.82, 2.24) is 4.98 Å². The molecule has 94 valence electrons. The van der Waals surface area contributed by atoms with Gasteiger partial charge < -0.3 is 5.73 Å². The number of pyridine rings is 1. The second kappa shape index (κ2) is 5.63. The second-order valence-electron chi connectivity index (χ2n) is 4.39. The van der Waals surface area contributed by atoms with E-state index in [1.165, 1.54) is 5.56 Å². The largest absolute Gasteiger partial charge is 0.399 e. The highest BCUT2D eigenvalue weighted by Gasteiger charge is 2.03. The minimum atomic E-state index is 0.427. The van der Waals surface area contributed by atoms with E-state index in [9.17, 15) is 0 Å². The number of rotatable bonds is 3. The van der Waals surface area contributed by atoms with Crippen molar-refractivity contribution in [2.75, 3.05) is 5.73 Å². The fourth-order valence-electron chi connectivity index (χ4n) is 1.59. The third-order valence-electron chi connectivity index (χ3n) is 2.56. The highest BCUT2D eigenvalue weighted by molar-refractivity contribution is 7.99. The maximum absolute atomic E-state index is 5.88. The van der Waals surface area contributed by atoms with Gasteiger partial charge in [0.15, 0.2) is 0 Å². The van der Waals surface area contributed by atoms with Crippen molar-refractivity contribution in [3.05, 3.63) is 47.1 Å². The number of anilines is 1. The van der Waals surface area contributed by atoms with Crippen LogP contribution in [0.1, 0.15) is 25.3 Å². The molecule has 0 aliphatic carbocycles. The number of aromatic nitrogens is 1. The molecule has 0 saturated heterocycles. The molecule has 0 amide bonds. The standard InChI is InChI=1S/C14H15ClN2S/c1-9(2)10-3-5-12(6-4-10)18-14-8-11(16)7-13(15)17-14/h3-9H,1-2H3,(H2,16,17). The first-order valence-electron chi connectivity index (χ1n) is 5.75. The van der Waals surface area contributed by atoms with E-state index in [0.29, 0.717) is 16.8 Å². The van der Waals surface area contributed by atoms with E-state index in [2.05, 4.69) is 43.1 Å². The molecular weight excluding hydrogens is 264 g/mol. The van der Waals surface area contributed by atoms with Crippen LogP contribution in [-0.4, -0.2) is 4.98 Å². The molecule has 1 heterocycles. The number of benzene rings is 1. The van der Waals surface area contributed by atoms with Gasteiger partial charge in [-0.3, -0.25) is 0 Å². The van der Waals surface area contributed by atoms with Crippen LogP contribution in [0.15, 0.2) is 46.3 Å². The molecule has 18 heavy (non-hydrogen) atoms. The maximum atomic E-state index is 5.88. The van der Waals surface area contributed by atoms with Gasteiger partial charge in [-0.2, -0.15) is 0 Å². The Morgan fingerprint density at radius 1 is 1.17 bits per heavy atom. The lowest BCUT2D eigenvalue weighted by Gasteiger charge is -2.07. The van der Waals surface area contributed by atoms with Crippen molar-refractivity contribution in [2.45, 2.75) is 29.7 Å². The molecule has 2 nitrogen and oxygen atoms in total. The average Bonchev–Trinajstić information content (AvgIpc) is 2.28. The van der Waals surface area contributed by atoms with Crippen molar-refractivity contribution in [2.24, 2.45) is 0 Å². The minimum Gasteiger partial charge on any atom is -0.399 e. The molecule has 0 spiro atoms. The van der Waals surface area contributed by atoms with Crippen LogP contribution >= 0.6 is 23.4 Å². The summed E-state index contributed by atoms with van der Waals surface area (Å²) in [6.07, 6.45) is 0. The molecule has 0 bridgehead atoms. The molecule has 0 unspecified atom stereocenters. The third-order valence-corrected chi connectivity index (χ3v) is 3.68. The van der Waals surface area contributed by atoms with Crippen LogP contribution in [-0.2, 0) is 0 Å². The second-order valence-corrected chi connectivity index (χ2v) is 5.87. The molecule has 2 aromatic rings. The molecule has 0 saturated carbocycles. The molecular formula is C14H15ClN2S. The van der Waals surface area contributed by atoms with Gasteiger partial charge in [-0.15, -0.1) is 0 Å². The minimum absolute atomic E-state index is 0.427. The first kappa shape index (κ1) is 13.2. The first-order chi connectivity index (χ1) is 8.54. The van der Waals surface area contributed by atoms with Gasteiger partial charge in [0, 0.05) is 10.6 Å². The normalized spacial score (nSPS) is 10.9. The van der Waals surface area contributed by atoms with E-state index in [1.54, 1.807) is 17.8 Å². The summed E-state index contributed by atoms with van der Waals surface area (Å²) in [6, 6.07) is 11.9. The van der Waals surface area contributed by atoms with E-state index in [4.69, 9.17) is 17.3 Å². The van der Waals surface area contributed by atoms with Crippen molar-refractivity contribution in [1.29, 1.82) is 0 Å². The molecule has 4 heteroatoms. The monoisotopic (exact) mass is 278 g/mol. The van der Waals surface area contributed by atoms with Gasteiger partial charge in [-0.05, 0) is 35.7 Å². The van der Waals surface area contributed by atoms with E-state index in [-0.39, 0.29) is 0 Å². The van der Waals surface area contributed by atoms with Crippen LogP contribution < -0.4 is 5.73 Å². The highest BCUT2D eigenvalue weighted by Crippen LogP contribution is 2.29. The van der Waals surface area contributed by atoms with Gasteiger partial charge >= 0.3 is 0 Å². The zero-order valence-corrected chi connectivity index (χ0v) is 11.9. The van der Waals surface area contributed by atoms with Gasteiger partial charge in [-0.1, -0.05) is 49.3 Å². The number of hydrogen-bond donors (Lipinski definition) is 1. The number of nitrogens with zero attached hydrogens (tertiary/aromatic N) is 1. The number of halogens is 1. The lowest BCUT2D eigenvalue weighted by Crippen LogP contribution is -1.89. The van der Waals surface area contributed by atoms with Crippen LogP contribution in [0.25, 0.3) is 0 Å². The lowest BCUT2D eigenvalue weighted by atomic mass is 10.0. The average molecular weight is 279 g/mol. The zero-order chi connectivity index (χ0) is 13.1. The van der Waals surface area contributed by atoms with Gasteiger partial charge in [0.05, 0.1) is 0 Å². The van der Waals surface area contributed by atoms with Gasteiger partial charge in [-0.25, -0.2) is 4.98 Å². The van der Waals surface area contributed by atoms with Crippen LogP contribution in [0, 0.1) is 0 Å². The van der Waals surface area contributed by atoms with Crippen molar-refractivity contribution in [3.63, 3.8) is 0 Å². The Balaban J connectivity index is 2.18.